The van der Waals surface area contributed by atoms with Crippen molar-refractivity contribution in [1.82, 2.24) is 0 Å². The van der Waals surface area contributed by atoms with Crippen LogP contribution in [0, 0.1) is 0 Å². The molecule has 0 saturated carbocycles. The molecule has 1 aromatic carbocycles. The van der Waals surface area contributed by atoms with Crippen LogP contribution in [0.5, 0.6) is 0 Å². The van der Waals surface area contributed by atoms with Gasteiger partial charge in [-0.15, -0.1) is 11.8 Å². The molecule has 0 heterocycles. The fraction of sp³-hybridized carbons (Fsp3) is 0.500. The van der Waals surface area contributed by atoms with E-state index < -0.39 is 5.60 Å². The van der Waals surface area contributed by atoms with E-state index in [4.69, 9.17) is 28.9 Å². The fourth-order valence-electron chi connectivity index (χ4n) is 1.53. The summed E-state index contributed by atoms with van der Waals surface area (Å²) in [6, 6.07) is 5.54. The molecule has 0 radical (unpaired) electrons. The maximum absolute atomic E-state index is 9.88. The number of aliphatic hydroxyl groups is 1. The van der Waals surface area contributed by atoms with Crippen LogP contribution in [-0.4, -0.2) is 22.5 Å². The van der Waals surface area contributed by atoms with Crippen LogP contribution < -0.4 is 5.73 Å². The summed E-state index contributed by atoms with van der Waals surface area (Å²) in [5, 5.41) is 11.2. The van der Waals surface area contributed by atoms with Crippen LogP contribution in [0.1, 0.15) is 20.3 Å². The Kier molecular flexibility index (Phi) is 5.61. The lowest BCUT2D eigenvalue weighted by atomic mass is 10.0. The van der Waals surface area contributed by atoms with E-state index in [0.717, 1.165) is 4.90 Å². The maximum atomic E-state index is 9.88. The van der Waals surface area contributed by atoms with Crippen LogP contribution in [0.25, 0.3) is 0 Å². The van der Waals surface area contributed by atoms with Gasteiger partial charge in [0.1, 0.15) is 0 Å². The first-order chi connectivity index (χ1) is 7.84. The van der Waals surface area contributed by atoms with E-state index in [1.54, 1.807) is 24.8 Å². The monoisotopic (exact) mass is 293 g/mol. The van der Waals surface area contributed by atoms with Crippen LogP contribution in [0.3, 0.4) is 0 Å². The Morgan fingerprint density at radius 2 is 2.06 bits per heavy atom. The highest BCUT2D eigenvalue weighted by Crippen LogP contribution is 2.32. The molecule has 2 unspecified atom stereocenters. The van der Waals surface area contributed by atoms with Gasteiger partial charge in [-0.2, -0.15) is 0 Å². The van der Waals surface area contributed by atoms with Gasteiger partial charge in [-0.05, 0) is 31.5 Å². The van der Waals surface area contributed by atoms with E-state index in [1.807, 2.05) is 12.1 Å². The second-order valence-corrected chi connectivity index (χ2v) is 6.74. The quantitative estimate of drug-likeness (QED) is 0.816. The molecule has 0 bridgehead atoms. The summed E-state index contributed by atoms with van der Waals surface area (Å²) < 4.78 is 0. The summed E-state index contributed by atoms with van der Waals surface area (Å²) in [5.74, 6) is 0. The number of rotatable bonds is 5. The van der Waals surface area contributed by atoms with E-state index in [9.17, 15) is 5.11 Å². The lowest BCUT2D eigenvalue weighted by Crippen LogP contribution is -2.36. The molecule has 3 N–H and O–H groups in total. The molecule has 1 aromatic rings. The number of hydrogen-bond donors (Lipinski definition) is 2. The van der Waals surface area contributed by atoms with Crippen molar-refractivity contribution in [3.63, 3.8) is 0 Å². The number of hydrogen-bond acceptors (Lipinski definition) is 3. The van der Waals surface area contributed by atoms with Gasteiger partial charge in [-0.25, -0.2) is 0 Å². The molecule has 96 valence electrons. The zero-order valence-corrected chi connectivity index (χ0v) is 12.2. The van der Waals surface area contributed by atoms with E-state index in [2.05, 4.69) is 6.92 Å². The molecule has 2 nitrogen and oxygen atoms in total. The molecule has 0 aliphatic rings. The van der Waals surface area contributed by atoms with Crippen LogP contribution in [0.4, 0.5) is 0 Å². The summed E-state index contributed by atoms with van der Waals surface area (Å²) in [6.45, 7) is 4.06. The summed E-state index contributed by atoms with van der Waals surface area (Å²) in [7, 11) is 0. The van der Waals surface area contributed by atoms with Crippen molar-refractivity contribution < 1.29 is 5.11 Å². The molecule has 0 aliphatic heterocycles. The zero-order chi connectivity index (χ0) is 13.1. The van der Waals surface area contributed by atoms with Gasteiger partial charge >= 0.3 is 0 Å². The fourth-order valence-corrected chi connectivity index (χ4v) is 3.13. The third-order valence-electron chi connectivity index (χ3n) is 2.40. The molecule has 17 heavy (non-hydrogen) atoms. The average molecular weight is 294 g/mol. The Bertz CT molecular complexity index is 385. The van der Waals surface area contributed by atoms with E-state index in [-0.39, 0.29) is 11.8 Å². The second-order valence-electron chi connectivity index (χ2n) is 4.41. The number of nitrogens with two attached hydrogens (primary N) is 1. The first-order valence-electron chi connectivity index (χ1n) is 5.38. The molecule has 2 atom stereocenters. The minimum Gasteiger partial charge on any atom is -0.389 e. The molecular formula is C12H17Cl2NOS. The van der Waals surface area contributed by atoms with Gasteiger partial charge in [0, 0.05) is 16.7 Å². The Balaban J connectivity index is 2.62. The Labute approximate surface area is 116 Å². The van der Waals surface area contributed by atoms with Gasteiger partial charge in [0.25, 0.3) is 0 Å². The van der Waals surface area contributed by atoms with E-state index in [0.29, 0.717) is 16.5 Å². The molecule has 0 saturated heterocycles. The predicted octanol–water partition coefficient (Wildman–Crippen LogP) is 3.57. The highest BCUT2D eigenvalue weighted by molar-refractivity contribution is 8.00. The third kappa shape index (κ3) is 5.06. The van der Waals surface area contributed by atoms with Crippen LogP contribution in [-0.2, 0) is 0 Å². The van der Waals surface area contributed by atoms with Crippen LogP contribution >= 0.6 is 35.0 Å². The first-order valence-corrected chi connectivity index (χ1v) is 7.02. The van der Waals surface area contributed by atoms with Crippen molar-refractivity contribution in [3.05, 3.63) is 28.2 Å². The van der Waals surface area contributed by atoms with Gasteiger partial charge in [-0.1, -0.05) is 30.1 Å². The van der Waals surface area contributed by atoms with Crippen molar-refractivity contribution in [2.75, 3.05) is 6.54 Å². The van der Waals surface area contributed by atoms with Crippen molar-refractivity contribution >= 4 is 35.0 Å². The Morgan fingerprint density at radius 3 is 2.59 bits per heavy atom. The van der Waals surface area contributed by atoms with Crippen molar-refractivity contribution in [2.24, 2.45) is 5.73 Å². The van der Waals surface area contributed by atoms with Gasteiger partial charge in [0.05, 0.1) is 15.6 Å². The normalized spacial score (nSPS) is 16.6. The topological polar surface area (TPSA) is 46.2 Å². The average Bonchev–Trinajstić information content (AvgIpc) is 2.23. The smallest absolute Gasteiger partial charge is 0.0752 e. The Morgan fingerprint density at radius 1 is 1.41 bits per heavy atom. The Hall–Kier alpha value is 0.0700. The van der Waals surface area contributed by atoms with Gasteiger partial charge in [0.2, 0.25) is 0 Å². The summed E-state index contributed by atoms with van der Waals surface area (Å²) in [4.78, 5) is 1.04. The van der Waals surface area contributed by atoms with E-state index in [1.165, 1.54) is 0 Å². The van der Waals surface area contributed by atoms with Gasteiger partial charge in [0.15, 0.2) is 0 Å². The SMILES string of the molecule is CC(CC(C)(O)CN)Sc1ccc(Cl)c(Cl)c1. The summed E-state index contributed by atoms with van der Waals surface area (Å²) in [6.07, 6.45) is 0.633. The van der Waals surface area contributed by atoms with Gasteiger partial charge < -0.3 is 10.8 Å². The summed E-state index contributed by atoms with van der Waals surface area (Å²) in [5.41, 5.74) is 4.68. The number of benzene rings is 1. The lowest BCUT2D eigenvalue weighted by molar-refractivity contribution is 0.0608. The maximum Gasteiger partial charge on any atom is 0.0752 e. The van der Waals surface area contributed by atoms with Crippen molar-refractivity contribution in [3.8, 4) is 0 Å². The van der Waals surface area contributed by atoms with Gasteiger partial charge in [-0.3, -0.25) is 0 Å². The molecule has 0 spiro atoms. The lowest BCUT2D eigenvalue weighted by Gasteiger charge is -2.24. The second kappa shape index (κ2) is 6.30. The largest absolute Gasteiger partial charge is 0.389 e. The van der Waals surface area contributed by atoms with Crippen molar-refractivity contribution in [2.45, 2.75) is 36.0 Å². The molecule has 0 aromatic heterocycles. The molecular weight excluding hydrogens is 277 g/mol. The molecule has 5 heteroatoms. The minimum absolute atomic E-state index is 0.255. The van der Waals surface area contributed by atoms with Crippen LogP contribution in [0.15, 0.2) is 23.1 Å². The standard InChI is InChI=1S/C12H17Cl2NOS/c1-8(6-12(2,16)7-15)17-9-3-4-10(13)11(14)5-9/h3-5,8,16H,6-7,15H2,1-2H3. The summed E-state index contributed by atoms with van der Waals surface area (Å²) >= 11 is 13.4. The number of halogens is 2. The van der Waals surface area contributed by atoms with Crippen molar-refractivity contribution in [1.29, 1.82) is 0 Å². The molecule has 0 aliphatic carbocycles. The van der Waals surface area contributed by atoms with Crippen LogP contribution in [0.2, 0.25) is 10.0 Å². The molecule has 0 amide bonds. The third-order valence-corrected chi connectivity index (χ3v) is 4.23. The zero-order valence-electron chi connectivity index (χ0n) is 9.91. The molecule has 1 rings (SSSR count). The predicted molar refractivity (Wildman–Crippen MR) is 76.1 cm³/mol. The minimum atomic E-state index is -0.817. The number of thioether (sulfide) groups is 1. The highest BCUT2D eigenvalue weighted by Gasteiger charge is 2.22. The first kappa shape index (κ1) is 15.1. The highest BCUT2D eigenvalue weighted by atomic mass is 35.5. The molecule has 0 fully saturated rings. The van der Waals surface area contributed by atoms with E-state index >= 15 is 0 Å².